The number of aromatic hydroxyl groups is 1. The average molecular weight is 287 g/mol. The van der Waals surface area contributed by atoms with Crippen molar-refractivity contribution in [3.8, 4) is 17.1 Å². The van der Waals surface area contributed by atoms with E-state index < -0.39 is 0 Å². The fraction of sp³-hybridized carbons (Fsp3) is 0.0625. The summed E-state index contributed by atoms with van der Waals surface area (Å²) >= 11 is 6.06. The van der Waals surface area contributed by atoms with Crippen molar-refractivity contribution in [1.29, 1.82) is 0 Å². The summed E-state index contributed by atoms with van der Waals surface area (Å²) in [6.07, 6.45) is 0. The summed E-state index contributed by atoms with van der Waals surface area (Å²) in [6.45, 7) is 1.80. The molecule has 0 aliphatic carbocycles. The Kier molecular flexibility index (Phi) is 2.99. The van der Waals surface area contributed by atoms with Gasteiger partial charge in [-0.15, -0.1) is 0 Å². The first-order chi connectivity index (χ1) is 9.56. The van der Waals surface area contributed by atoms with Crippen molar-refractivity contribution in [2.24, 2.45) is 0 Å². The molecule has 100 valence electrons. The van der Waals surface area contributed by atoms with Crippen LogP contribution in [0.25, 0.3) is 22.3 Å². The Hall–Kier alpha value is -2.26. The first-order valence-corrected chi connectivity index (χ1v) is 6.46. The van der Waals surface area contributed by atoms with Crippen LogP contribution in [0.3, 0.4) is 0 Å². The maximum Gasteiger partial charge on any atom is 0.193 e. The lowest BCUT2D eigenvalue weighted by Gasteiger charge is -2.06. The van der Waals surface area contributed by atoms with E-state index in [0.717, 1.165) is 5.56 Å². The lowest BCUT2D eigenvalue weighted by Crippen LogP contribution is -2.00. The van der Waals surface area contributed by atoms with E-state index in [4.69, 9.17) is 16.0 Å². The van der Waals surface area contributed by atoms with Gasteiger partial charge < -0.3 is 9.52 Å². The Morgan fingerprint density at radius 3 is 2.70 bits per heavy atom. The number of para-hydroxylation sites is 1. The predicted octanol–water partition coefficient (Wildman–Crippen LogP) is 4.13. The van der Waals surface area contributed by atoms with Gasteiger partial charge in [-0.3, -0.25) is 4.79 Å². The molecule has 0 saturated heterocycles. The Labute approximate surface area is 120 Å². The maximum absolute atomic E-state index is 12.1. The third-order valence-corrected chi connectivity index (χ3v) is 3.50. The van der Waals surface area contributed by atoms with Gasteiger partial charge in [-0.1, -0.05) is 29.8 Å². The molecule has 3 aromatic rings. The van der Waals surface area contributed by atoms with Crippen molar-refractivity contribution in [3.63, 3.8) is 0 Å². The smallest absolute Gasteiger partial charge is 0.193 e. The summed E-state index contributed by atoms with van der Waals surface area (Å²) in [6, 6.07) is 11.6. The van der Waals surface area contributed by atoms with Crippen molar-refractivity contribution in [1.82, 2.24) is 0 Å². The molecule has 0 atom stereocenters. The largest absolute Gasteiger partial charge is 0.508 e. The van der Waals surface area contributed by atoms with E-state index in [9.17, 15) is 9.90 Å². The van der Waals surface area contributed by atoms with Crippen LogP contribution in [0, 0.1) is 6.92 Å². The molecule has 1 N–H and O–H groups in total. The highest BCUT2D eigenvalue weighted by Crippen LogP contribution is 2.29. The van der Waals surface area contributed by atoms with Crippen LogP contribution in [-0.4, -0.2) is 5.11 Å². The van der Waals surface area contributed by atoms with E-state index in [0.29, 0.717) is 27.3 Å². The molecule has 0 radical (unpaired) electrons. The van der Waals surface area contributed by atoms with Crippen molar-refractivity contribution in [2.75, 3.05) is 0 Å². The third kappa shape index (κ3) is 2.06. The zero-order chi connectivity index (χ0) is 14.3. The van der Waals surface area contributed by atoms with Gasteiger partial charge in [0.15, 0.2) is 11.0 Å². The normalized spacial score (nSPS) is 10.9. The van der Waals surface area contributed by atoms with E-state index in [1.165, 1.54) is 6.07 Å². The van der Waals surface area contributed by atoms with Gasteiger partial charge in [0.25, 0.3) is 0 Å². The van der Waals surface area contributed by atoms with Crippen molar-refractivity contribution < 1.29 is 9.52 Å². The second-order valence-corrected chi connectivity index (χ2v) is 5.00. The van der Waals surface area contributed by atoms with Crippen molar-refractivity contribution in [3.05, 3.63) is 63.3 Å². The molecule has 20 heavy (non-hydrogen) atoms. The molecule has 0 aliphatic rings. The third-order valence-electron chi connectivity index (χ3n) is 3.20. The van der Waals surface area contributed by atoms with Crippen molar-refractivity contribution in [2.45, 2.75) is 6.92 Å². The minimum Gasteiger partial charge on any atom is -0.508 e. The molecule has 0 bridgehead atoms. The number of rotatable bonds is 1. The molecule has 1 heterocycles. The summed E-state index contributed by atoms with van der Waals surface area (Å²) in [5.74, 6) is 0.537. The van der Waals surface area contributed by atoms with Crippen LogP contribution in [0.15, 0.2) is 51.7 Å². The summed E-state index contributed by atoms with van der Waals surface area (Å²) in [5, 5.41) is 10.6. The standard InChI is InChI=1S/C16H11ClO3/c1-9-5-6-10(7-13(9)18)15-8-14(19)11-3-2-4-12(17)16(11)20-15/h2-8,18H,1H3. The number of aryl methyl sites for hydroxylation is 1. The quantitative estimate of drug-likeness (QED) is 0.732. The number of fused-ring (bicyclic) bond motifs is 1. The Morgan fingerprint density at radius 1 is 1.15 bits per heavy atom. The zero-order valence-corrected chi connectivity index (χ0v) is 11.4. The first-order valence-electron chi connectivity index (χ1n) is 6.08. The van der Waals surface area contributed by atoms with Crippen molar-refractivity contribution >= 4 is 22.6 Å². The van der Waals surface area contributed by atoms with Gasteiger partial charge >= 0.3 is 0 Å². The Morgan fingerprint density at radius 2 is 1.95 bits per heavy atom. The second-order valence-electron chi connectivity index (χ2n) is 4.59. The van der Waals surface area contributed by atoms with E-state index >= 15 is 0 Å². The molecule has 0 saturated carbocycles. The maximum atomic E-state index is 12.1. The van der Waals surface area contributed by atoms with E-state index in [-0.39, 0.29) is 11.2 Å². The number of hydrogen-bond acceptors (Lipinski definition) is 3. The highest BCUT2D eigenvalue weighted by atomic mass is 35.5. The topological polar surface area (TPSA) is 50.4 Å². The van der Waals surface area contributed by atoms with E-state index in [1.54, 1.807) is 43.3 Å². The minimum atomic E-state index is -0.163. The molecular weight excluding hydrogens is 276 g/mol. The molecule has 0 aliphatic heterocycles. The summed E-state index contributed by atoms with van der Waals surface area (Å²) in [7, 11) is 0. The van der Waals surface area contributed by atoms with Gasteiger partial charge in [-0.25, -0.2) is 0 Å². The van der Waals surface area contributed by atoms with Crippen LogP contribution < -0.4 is 5.43 Å². The van der Waals surface area contributed by atoms with Crippen LogP contribution in [0.4, 0.5) is 0 Å². The van der Waals surface area contributed by atoms with Crippen LogP contribution in [0.5, 0.6) is 5.75 Å². The summed E-state index contributed by atoms with van der Waals surface area (Å²) < 4.78 is 5.71. The van der Waals surface area contributed by atoms with E-state index in [2.05, 4.69) is 0 Å². The molecule has 3 rings (SSSR count). The number of benzene rings is 2. The summed E-state index contributed by atoms with van der Waals surface area (Å²) in [5.41, 5.74) is 1.59. The number of halogens is 1. The van der Waals surface area contributed by atoms with Gasteiger partial charge in [0.2, 0.25) is 0 Å². The summed E-state index contributed by atoms with van der Waals surface area (Å²) in [4.78, 5) is 12.1. The van der Waals surface area contributed by atoms with Crippen LogP contribution in [0.1, 0.15) is 5.56 Å². The molecule has 0 unspecified atom stereocenters. The Bertz CT molecular complexity index is 865. The van der Waals surface area contributed by atoms with Gasteiger partial charge in [-0.05, 0) is 30.7 Å². The molecule has 3 nitrogen and oxygen atoms in total. The zero-order valence-electron chi connectivity index (χ0n) is 10.7. The van der Waals surface area contributed by atoms with Crippen LogP contribution >= 0.6 is 11.6 Å². The molecule has 0 spiro atoms. The molecule has 4 heteroatoms. The monoisotopic (exact) mass is 286 g/mol. The SMILES string of the molecule is Cc1ccc(-c2cc(=O)c3cccc(Cl)c3o2)cc1O. The number of hydrogen-bond donors (Lipinski definition) is 1. The minimum absolute atomic E-state index is 0.157. The first kappa shape index (κ1) is 12.8. The molecule has 0 fully saturated rings. The fourth-order valence-corrected chi connectivity index (χ4v) is 2.26. The number of phenols is 1. The Balaban J connectivity index is 2.29. The van der Waals surface area contributed by atoms with Gasteiger partial charge in [0, 0.05) is 11.6 Å². The molecule has 2 aromatic carbocycles. The average Bonchev–Trinajstić information content (AvgIpc) is 2.43. The second kappa shape index (κ2) is 4.69. The van der Waals surface area contributed by atoms with Gasteiger partial charge in [-0.2, -0.15) is 0 Å². The lowest BCUT2D eigenvalue weighted by atomic mass is 10.1. The van der Waals surface area contributed by atoms with Crippen LogP contribution in [-0.2, 0) is 0 Å². The van der Waals surface area contributed by atoms with Gasteiger partial charge in [0.1, 0.15) is 11.5 Å². The highest BCUT2D eigenvalue weighted by Gasteiger charge is 2.10. The molecule has 1 aromatic heterocycles. The van der Waals surface area contributed by atoms with Crippen LogP contribution in [0.2, 0.25) is 5.02 Å². The molecular formula is C16H11ClO3. The number of phenolic OH excluding ortho intramolecular Hbond substituents is 1. The highest BCUT2D eigenvalue weighted by molar-refractivity contribution is 6.34. The van der Waals surface area contributed by atoms with E-state index in [1.807, 2.05) is 0 Å². The van der Waals surface area contributed by atoms with Gasteiger partial charge in [0.05, 0.1) is 10.4 Å². The predicted molar refractivity (Wildman–Crippen MR) is 79.3 cm³/mol. The molecule has 0 amide bonds. The fourth-order valence-electron chi connectivity index (χ4n) is 2.05. The lowest BCUT2D eigenvalue weighted by molar-refractivity contribution is 0.471.